The molecule has 30 heavy (non-hydrogen) atoms. The van der Waals surface area contributed by atoms with E-state index >= 15 is 0 Å². The Balaban J connectivity index is 1.30. The van der Waals surface area contributed by atoms with Crippen LogP contribution < -0.4 is 5.56 Å². The molecule has 4 aromatic rings. The molecule has 2 aliphatic heterocycles. The summed E-state index contributed by atoms with van der Waals surface area (Å²) in [4.78, 5) is 32.2. The van der Waals surface area contributed by atoms with E-state index in [0.717, 1.165) is 27.5 Å². The van der Waals surface area contributed by atoms with Gasteiger partial charge in [0.1, 0.15) is 0 Å². The van der Waals surface area contributed by atoms with E-state index in [2.05, 4.69) is 4.98 Å². The highest BCUT2D eigenvalue weighted by molar-refractivity contribution is 7.20. The van der Waals surface area contributed by atoms with Crippen molar-refractivity contribution in [3.05, 3.63) is 82.5 Å². The van der Waals surface area contributed by atoms with Gasteiger partial charge in [-0.3, -0.25) is 9.59 Å². The lowest BCUT2D eigenvalue weighted by Gasteiger charge is -2.42. The number of hydrogen-bond acceptors (Lipinski definition) is 4. The molecule has 0 saturated carbocycles. The summed E-state index contributed by atoms with van der Waals surface area (Å²) in [5, 5.41) is 0.897. The molecule has 0 unspecified atom stereocenters. The molecule has 0 aliphatic carbocycles. The Hall–Kier alpha value is -3.19. The second-order valence-corrected chi connectivity index (χ2v) is 9.19. The predicted octanol–water partition coefficient (Wildman–Crippen LogP) is 3.51. The molecule has 1 saturated heterocycles. The number of carbonyl (C=O) groups excluding carboxylic acids is 1. The number of rotatable bonds is 2. The molecular formula is C23H20N4O2S. The first-order valence-corrected chi connectivity index (χ1v) is 11.0. The van der Waals surface area contributed by atoms with Crippen molar-refractivity contribution < 1.29 is 4.79 Å². The Labute approximate surface area is 177 Å². The quantitative estimate of drug-likeness (QED) is 0.502. The van der Waals surface area contributed by atoms with Crippen LogP contribution in [0.1, 0.15) is 28.4 Å². The van der Waals surface area contributed by atoms with Gasteiger partial charge in [-0.25, -0.2) is 4.98 Å². The van der Waals surface area contributed by atoms with Crippen LogP contribution in [-0.2, 0) is 6.54 Å². The largest absolute Gasteiger partial charge is 0.338 e. The van der Waals surface area contributed by atoms with Gasteiger partial charge in [-0.1, -0.05) is 17.4 Å². The normalized spacial score (nSPS) is 20.3. The summed E-state index contributed by atoms with van der Waals surface area (Å²) in [5.74, 6) is 0.616. The number of fused-ring (bicyclic) bond motifs is 5. The zero-order valence-electron chi connectivity index (χ0n) is 16.3. The first-order chi connectivity index (χ1) is 14.7. The fraction of sp³-hybridized carbons (Fsp3) is 0.261. The number of carbonyl (C=O) groups is 1. The second kappa shape index (κ2) is 6.67. The zero-order valence-corrected chi connectivity index (χ0v) is 17.1. The summed E-state index contributed by atoms with van der Waals surface area (Å²) in [6, 6.07) is 15.2. The summed E-state index contributed by atoms with van der Waals surface area (Å²) in [6.45, 7) is 2.06. The number of pyridine rings is 1. The van der Waals surface area contributed by atoms with Crippen LogP contribution in [0.5, 0.6) is 0 Å². The molecule has 1 fully saturated rings. The molecule has 2 bridgehead atoms. The number of piperidine rings is 1. The van der Waals surface area contributed by atoms with E-state index in [1.165, 1.54) is 0 Å². The van der Waals surface area contributed by atoms with Crippen molar-refractivity contribution in [2.24, 2.45) is 5.92 Å². The van der Waals surface area contributed by atoms with E-state index in [4.69, 9.17) is 0 Å². The van der Waals surface area contributed by atoms with Crippen molar-refractivity contribution in [2.75, 3.05) is 13.1 Å². The Morgan fingerprint density at radius 1 is 1.03 bits per heavy atom. The Bertz CT molecular complexity index is 1320. The van der Waals surface area contributed by atoms with Crippen LogP contribution in [0.4, 0.5) is 0 Å². The first kappa shape index (κ1) is 17.7. The molecule has 2 aliphatic rings. The predicted molar refractivity (Wildman–Crippen MR) is 116 cm³/mol. The molecule has 1 amide bonds. The van der Waals surface area contributed by atoms with Gasteiger partial charge in [0.05, 0.1) is 10.2 Å². The van der Waals surface area contributed by atoms with Crippen molar-refractivity contribution >= 4 is 27.5 Å². The van der Waals surface area contributed by atoms with E-state index in [9.17, 15) is 9.59 Å². The van der Waals surface area contributed by atoms with Gasteiger partial charge in [-0.05, 0) is 48.7 Å². The third-order valence-corrected chi connectivity index (χ3v) is 7.25. The molecule has 1 aromatic carbocycles. The molecule has 0 spiro atoms. The van der Waals surface area contributed by atoms with Crippen LogP contribution in [0.3, 0.4) is 0 Å². The van der Waals surface area contributed by atoms with E-state index in [1.807, 2.05) is 68.9 Å². The maximum atomic E-state index is 13.3. The van der Waals surface area contributed by atoms with Crippen molar-refractivity contribution in [1.82, 2.24) is 19.0 Å². The minimum Gasteiger partial charge on any atom is -0.338 e. The van der Waals surface area contributed by atoms with Crippen LogP contribution in [0, 0.1) is 5.92 Å². The third kappa shape index (κ3) is 2.81. The Morgan fingerprint density at radius 2 is 1.90 bits per heavy atom. The van der Waals surface area contributed by atoms with Crippen LogP contribution >= 0.6 is 11.3 Å². The van der Waals surface area contributed by atoms with E-state index in [-0.39, 0.29) is 17.4 Å². The highest BCUT2D eigenvalue weighted by Crippen LogP contribution is 2.36. The van der Waals surface area contributed by atoms with Crippen molar-refractivity contribution in [1.29, 1.82) is 0 Å². The van der Waals surface area contributed by atoms with Gasteiger partial charge in [0, 0.05) is 55.3 Å². The molecule has 150 valence electrons. The standard InChI is InChI=1S/C23H20N4O2S/c28-21-5-3-4-19-17-10-15(13-27(19)21)12-26(14-17)22(29)16-6-7-18-20(11-16)30-23(24-18)25-8-1-2-9-25/h1-9,11,15,17H,10,12-14H2/t15-,17-/m0/s1. The number of likely N-dealkylation sites (tertiary alicyclic amines) is 1. The van der Waals surface area contributed by atoms with Crippen LogP contribution in [0.25, 0.3) is 15.3 Å². The average Bonchev–Trinajstić information content (AvgIpc) is 3.43. The first-order valence-electron chi connectivity index (χ1n) is 10.2. The summed E-state index contributed by atoms with van der Waals surface area (Å²) in [6.07, 6.45) is 4.99. The van der Waals surface area contributed by atoms with Crippen LogP contribution in [0.15, 0.2) is 65.7 Å². The Kier molecular flexibility index (Phi) is 3.92. The van der Waals surface area contributed by atoms with Crippen molar-refractivity contribution in [3.8, 4) is 5.13 Å². The fourth-order valence-electron chi connectivity index (χ4n) is 4.86. The fourth-order valence-corrected chi connectivity index (χ4v) is 5.83. The van der Waals surface area contributed by atoms with Gasteiger partial charge in [0.15, 0.2) is 5.13 Å². The van der Waals surface area contributed by atoms with Gasteiger partial charge < -0.3 is 14.0 Å². The lowest BCUT2D eigenvalue weighted by atomic mass is 9.83. The topological polar surface area (TPSA) is 60.1 Å². The highest BCUT2D eigenvalue weighted by Gasteiger charge is 2.36. The zero-order chi connectivity index (χ0) is 20.2. The number of nitrogens with zero attached hydrogens (tertiary/aromatic N) is 4. The van der Waals surface area contributed by atoms with E-state index in [1.54, 1.807) is 17.4 Å². The number of thiazole rings is 1. The van der Waals surface area contributed by atoms with Gasteiger partial charge >= 0.3 is 0 Å². The lowest BCUT2D eigenvalue weighted by Crippen LogP contribution is -2.49. The second-order valence-electron chi connectivity index (χ2n) is 8.18. The average molecular weight is 417 g/mol. The number of hydrogen-bond donors (Lipinski definition) is 0. The van der Waals surface area contributed by atoms with E-state index < -0.39 is 0 Å². The number of benzene rings is 1. The molecule has 0 N–H and O–H groups in total. The molecule has 7 heteroatoms. The van der Waals surface area contributed by atoms with Gasteiger partial charge in [-0.15, -0.1) is 0 Å². The molecule has 6 rings (SSSR count). The molecule has 6 nitrogen and oxygen atoms in total. The third-order valence-electron chi connectivity index (χ3n) is 6.22. The number of aromatic nitrogens is 3. The van der Waals surface area contributed by atoms with Crippen molar-refractivity contribution in [3.63, 3.8) is 0 Å². The lowest BCUT2D eigenvalue weighted by molar-refractivity contribution is 0.0595. The van der Waals surface area contributed by atoms with Crippen LogP contribution in [-0.4, -0.2) is 38.0 Å². The van der Waals surface area contributed by atoms with E-state index in [0.29, 0.717) is 31.1 Å². The minimum atomic E-state index is 0.0641. The minimum absolute atomic E-state index is 0.0641. The summed E-state index contributed by atoms with van der Waals surface area (Å²) >= 11 is 1.59. The van der Waals surface area contributed by atoms with Gasteiger partial charge in [0.2, 0.25) is 0 Å². The summed E-state index contributed by atoms with van der Waals surface area (Å²) in [7, 11) is 0. The molecule has 0 radical (unpaired) electrons. The molecular weight excluding hydrogens is 396 g/mol. The van der Waals surface area contributed by atoms with Crippen LogP contribution in [0.2, 0.25) is 0 Å². The Morgan fingerprint density at radius 3 is 2.77 bits per heavy atom. The van der Waals surface area contributed by atoms with Crippen molar-refractivity contribution in [2.45, 2.75) is 18.9 Å². The van der Waals surface area contributed by atoms with Gasteiger partial charge in [-0.2, -0.15) is 0 Å². The summed E-state index contributed by atoms with van der Waals surface area (Å²) < 4.78 is 4.89. The molecule has 3 aromatic heterocycles. The molecule has 2 atom stereocenters. The maximum absolute atomic E-state index is 13.3. The molecule has 5 heterocycles. The summed E-state index contributed by atoms with van der Waals surface area (Å²) in [5.41, 5.74) is 2.74. The highest BCUT2D eigenvalue weighted by atomic mass is 32.1. The smallest absolute Gasteiger partial charge is 0.253 e. The van der Waals surface area contributed by atoms with Gasteiger partial charge in [0.25, 0.3) is 11.5 Å². The SMILES string of the molecule is O=C(c1ccc2nc(-n3cccc3)sc2c1)N1C[C@@H]2C[C@@H](C1)c1cccc(=O)n1C2. The number of amides is 1. The monoisotopic (exact) mass is 416 g/mol. The maximum Gasteiger partial charge on any atom is 0.253 e.